The zero-order valence-corrected chi connectivity index (χ0v) is 11.8. The van der Waals surface area contributed by atoms with E-state index in [1.807, 2.05) is 24.3 Å². The number of fused-ring (bicyclic) bond motifs is 1. The molecule has 3 rings (SSSR count). The highest BCUT2D eigenvalue weighted by Crippen LogP contribution is 2.26. The zero-order chi connectivity index (χ0) is 12.5. The van der Waals surface area contributed by atoms with E-state index in [1.165, 1.54) is 0 Å². The average molecular weight is 326 g/mol. The number of hydrogen-bond donors (Lipinski definition) is 0. The van der Waals surface area contributed by atoms with Crippen LogP contribution in [0.2, 0.25) is 5.15 Å². The van der Waals surface area contributed by atoms with Gasteiger partial charge in [-0.1, -0.05) is 39.7 Å². The minimum Gasteiger partial charge on any atom is -0.376 e. The van der Waals surface area contributed by atoms with Gasteiger partial charge in [0.25, 0.3) is 0 Å². The Balaban J connectivity index is 2.08. The molecule has 5 heteroatoms. The average Bonchev–Trinajstić information content (AvgIpc) is 2.39. The van der Waals surface area contributed by atoms with Crippen molar-refractivity contribution in [2.45, 2.75) is 13.0 Å². The van der Waals surface area contributed by atoms with Gasteiger partial charge in [0.2, 0.25) is 0 Å². The van der Waals surface area contributed by atoms with Crippen molar-refractivity contribution in [3.05, 3.63) is 45.1 Å². The number of rotatable bonds is 1. The van der Waals surface area contributed by atoms with E-state index in [9.17, 15) is 0 Å². The lowest BCUT2D eigenvalue weighted by Crippen LogP contribution is -2.14. The normalized spacial score (nSPS) is 14.3. The first-order chi connectivity index (χ1) is 8.74. The van der Waals surface area contributed by atoms with Gasteiger partial charge in [0.1, 0.15) is 5.15 Å². The van der Waals surface area contributed by atoms with Crippen LogP contribution in [0.5, 0.6) is 0 Å². The van der Waals surface area contributed by atoms with Crippen LogP contribution in [0.3, 0.4) is 0 Å². The minimum absolute atomic E-state index is 0.498. The third kappa shape index (κ3) is 2.28. The molecule has 1 aliphatic heterocycles. The predicted octanol–water partition coefficient (Wildman–Crippen LogP) is 3.63. The summed E-state index contributed by atoms with van der Waals surface area (Å²) in [6.07, 6.45) is 0.793. The highest BCUT2D eigenvalue weighted by molar-refractivity contribution is 9.10. The Bertz CT molecular complexity index is 586. The number of hydrogen-bond acceptors (Lipinski definition) is 3. The van der Waals surface area contributed by atoms with Crippen LogP contribution in [0.15, 0.2) is 28.7 Å². The van der Waals surface area contributed by atoms with Crippen molar-refractivity contribution in [3.8, 4) is 11.4 Å². The second kappa shape index (κ2) is 4.96. The van der Waals surface area contributed by atoms with Gasteiger partial charge in [-0.15, -0.1) is 0 Å². The molecule has 3 nitrogen and oxygen atoms in total. The van der Waals surface area contributed by atoms with Crippen LogP contribution >= 0.6 is 27.5 Å². The summed E-state index contributed by atoms with van der Waals surface area (Å²) >= 11 is 9.60. The molecule has 0 bridgehead atoms. The van der Waals surface area contributed by atoms with Crippen molar-refractivity contribution >= 4 is 27.5 Å². The highest BCUT2D eigenvalue weighted by atomic mass is 79.9. The molecule has 92 valence electrons. The third-order valence-corrected chi connectivity index (χ3v) is 3.72. The van der Waals surface area contributed by atoms with E-state index in [1.54, 1.807) is 0 Å². The van der Waals surface area contributed by atoms with Crippen LogP contribution < -0.4 is 0 Å². The van der Waals surface area contributed by atoms with E-state index in [2.05, 4.69) is 25.9 Å². The van der Waals surface area contributed by atoms with Crippen LogP contribution in [0.1, 0.15) is 11.3 Å². The molecule has 1 aromatic heterocycles. The second-order valence-corrected chi connectivity index (χ2v) is 5.35. The Hall–Kier alpha value is -0.970. The van der Waals surface area contributed by atoms with E-state index in [0.717, 1.165) is 27.7 Å². The second-order valence-electron chi connectivity index (χ2n) is 4.07. The zero-order valence-electron chi connectivity index (χ0n) is 9.49. The lowest BCUT2D eigenvalue weighted by atomic mass is 10.1. The molecule has 1 aliphatic rings. The summed E-state index contributed by atoms with van der Waals surface area (Å²) in [6, 6.07) is 7.88. The van der Waals surface area contributed by atoms with Crippen LogP contribution in [0.4, 0.5) is 0 Å². The van der Waals surface area contributed by atoms with Crippen molar-refractivity contribution in [1.82, 2.24) is 9.97 Å². The number of aromatic nitrogens is 2. The van der Waals surface area contributed by atoms with Gasteiger partial charge in [0, 0.05) is 22.0 Å². The monoisotopic (exact) mass is 324 g/mol. The van der Waals surface area contributed by atoms with Crippen molar-refractivity contribution < 1.29 is 4.74 Å². The van der Waals surface area contributed by atoms with Gasteiger partial charge in [-0.05, 0) is 12.1 Å². The lowest BCUT2D eigenvalue weighted by Gasteiger charge is -2.17. The maximum Gasteiger partial charge on any atom is 0.161 e. The van der Waals surface area contributed by atoms with Crippen LogP contribution in [0, 0.1) is 0 Å². The summed E-state index contributed by atoms with van der Waals surface area (Å²) < 4.78 is 6.40. The van der Waals surface area contributed by atoms with Gasteiger partial charge >= 0.3 is 0 Å². The lowest BCUT2D eigenvalue weighted by molar-refractivity contribution is 0.109. The first-order valence-corrected chi connectivity index (χ1v) is 6.80. The molecule has 0 amide bonds. The van der Waals surface area contributed by atoms with Gasteiger partial charge in [0.05, 0.1) is 18.9 Å². The predicted molar refractivity (Wildman–Crippen MR) is 73.5 cm³/mol. The van der Waals surface area contributed by atoms with Gasteiger partial charge in [-0.25, -0.2) is 9.97 Å². The standard InChI is InChI=1S/C13H10BrClN2O/c14-9-3-1-8(2-4-9)13-16-11-5-6-18-7-10(11)12(15)17-13/h1-4H,5-7H2. The van der Waals surface area contributed by atoms with Gasteiger partial charge < -0.3 is 4.74 Å². The van der Waals surface area contributed by atoms with E-state index in [4.69, 9.17) is 16.3 Å². The van der Waals surface area contributed by atoms with Crippen molar-refractivity contribution in [3.63, 3.8) is 0 Å². The van der Waals surface area contributed by atoms with Gasteiger partial charge in [-0.3, -0.25) is 0 Å². The summed E-state index contributed by atoms with van der Waals surface area (Å²) in [6.45, 7) is 1.20. The Labute approximate surface area is 118 Å². The van der Waals surface area contributed by atoms with Gasteiger partial charge in [0.15, 0.2) is 5.82 Å². The third-order valence-electron chi connectivity index (χ3n) is 2.87. The van der Waals surface area contributed by atoms with E-state index >= 15 is 0 Å². The molecule has 0 spiro atoms. The molecule has 2 heterocycles. The van der Waals surface area contributed by atoms with Crippen LogP contribution in [0.25, 0.3) is 11.4 Å². The molecule has 0 fully saturated rings. The molecule has 18 heavy (non-hydrogen) atoms. The van der Waals surface area contributed by atoms with Crippen molar-refractivity contribution in [2.24, 2.45) is 0 Å². The Morgan fingerprint density at radius 1 is 1.17 bits per heavy atom. The summed E-state index contributed by atoms with van der Waals surface area (Å²) in [7, 11) is 0. The number of benzene rings is 1. The molecule has 0 N–H and O–H groups in total. The summed E-state index contributed by atoms with van der Waals surface area (Å²) in [4.78, 5) is 8.93. The van der Waals surface area contributed by atoms with E-state index in [0.29, 0.717) is 24.2 Å². The quantitative estimate of drug-likeness (QED) is 0.751. The maximum atomic E-state index is 6.19. The topological polar surface area (TPSA) is 35.0 Å². The minimum atomic E-state index is 0.498. The fraction of sp³-hybridized carbons (Fsp3) is 0.231. The Kier molecular flexibility index (Phi) is 3.33. The fourth-order valence-corrected chi connectivity index (χ4v) is 2.43. The molecule has 0 radical (unpaired) electrons. The summed E-state index contributed by atoms with van der Waals surface area (Å²) in [5.74, 6) is 0.674. The molecule has 0 aliphatic carbocycles. The molecular weight excluding hydrogens is 316 g/mol. The van der Waals surface area contributed by atoms with Crippen molar-refractivity contribution in [1.29, 1.82) is 0 Å². The van der Waals surface area contributed by atoms with Crippen molar-refractivity contribution in [2.75, 3.05) is 6.61 Å². The molecule has 1 aromatic carbocycles. The first kappa shape index (κ1) is 12.1. The molecule has 0 saturated heterocycles. The van der Waals surface area contributed by atoms with Crippen LogP contribution in [-0.4, -0.2) is 16.6 Å². The molecular formula is C13H10BrClN2O. The van der Waals surface area contributed by atoms with E-state index < -0.39 is 0 Å². The summed E-state index contributed by atoms with van der Waals surface area (Å²) in [5, 5.41) is 0.498. The summed E-state index contributed by atoms with van der Waals surface area (Å²) in [5.41, 5.74) is 2.89. The molecule has 0 atom stereocenters. The van der Waals surface area contributed by atoms with E-state index in [-0.39, 0.29) is 0 Å². The number of halogens is 2. The fourth-order valence-electron chi connectivity index (χ4n) is 1.92. The maximum absolute atomic E-state index is 6.19. The molecule has 0 unspecified atom stereocenters. The first-order valence-electron chi connectivity index (χ1n) is 5.63. The molecule has 0 saturated carbocycles. The number of nitrogens with zero attached hydrogens (tertiary/aromatic N) is 2. The molecule has 2 aromatic rings. The Morgan fingerprint density at radius 2 is 1.94 bits per heavy atom. The van der Waals surface area contributed by atoms with Crippen LogP contribution in [-0.2, 0) is 17.8 Å². The van der Waals surface area contributed by atoms with Gasteiger partial charge in [-0.2, -0.15) is 0 Å². The largest absolute Gasteiger partial charge is 0.376 e. The Morgan fingerprint density at radius 3 is 2.72 bits per heavy atom. The smallest absolute Gasteiger partial charge is 0.161 e. The SMILES string of the molecule is Clc1nc(-c2ccc(Br)cc2)nc2c1COCC2. The number of ether oxygens (including phenoxy) is 1. The highest BCUT2D eigenvalue weighted by Gasteiger charge is 2.17.